The first-order valence-electron chi connectivity index (χ1n) is 7.76. The Hall–Kier alpha value is -2.63. The van der Waals surface area contributed by atoms with E-state index in [-0.39, 0.29) is 12.5 Å². The molecule has 1 aromatic heterocycles. The summed E-state index contributed by atoms with van der Waals surface area (Å²) in [6.45, 7) is 7.14. The number of nitrogens with zero attached hydrogens (tertiary/aromatic N) is 2. The summed E-state index contributed by atoms with van der Waals surface area (Å²) in [5.74, 6) is -0.306. The lowest BCUT2D eigenvalue weighted by molar-refractivity contribution is -0.117. The van der Waals surface area contributed by atoms with Gasteiger partial charge in [-0.1, -0.05) is 18.2 Å². The van der Waals surface area contributed by atoms with Crippen LogP contribution in [0.4, 0.5) is 10.5 Å². The molecule has 1 heterocycles. The van der Waals surface area contributed by atoms with E-state index in [0.717, 1.165) is 16.6 Å². The number of amides is 2. The minimum Gasteiger partial charge on any atom is -0.444 e. The summed E-state index contributed by atoms with van der Waals surface area (Å²) >= 11 is 0. The molecule has 0 aliphatic heterocycles. The Bertz CT molecular complexity index is 766. The summed E-state index contributed by atoms with van der Waals surface area (Å²) in [5, 5.41) is 3.75. The van der Waals surface area contributed by atoms with Crippen molar-refractivity contribution in [2.45, 2.75) is 33.3 Å². The van der Waals surface area contributed by atoms with Crippen LogP contribution < -0.4 is 5.32 Å². The molecule has 0 aliphatic carbocycles. The molecule has 0 fully saturated rings. The number of nitrogens with one attached hydrogen (secondary N) is 1. The van der Waals surface area contributed by atoms with Crippen LogP contribution in [0.15, 0.2) is 30.3 Å². The highest BCUT2D eigenvalue weighted by molar-refractivity contribution is 6.01. The quantitative estimate of drug-likeness (QED) is 0.937. The number of fused-ring (bicyclic) bond motifs is 1. The van der Waals surface area contributed by atoms with E-state index in [1.165, 1.54) is 11.9 Å². The average Bonchev–Trinajstić information content (AvgIpc) is 2.46. The largest absolute Gasteiger partial charge is 0.444 e. The highest BCUT2D eigenvalue weighted by atomic mass is 16.6. The molecular formula is C18H23N3O3. The minimum atomic E-state index is -0.598. The molecule has 2 amide bonds. The molecule has 0 atom stereocenters. The molecule has 6 heteroatoms. The Balaban J connectivity index is 2.08. The average molecular weight is 329 g/mol. The van der Waals surface area contributed by atoms with Gasteiger partial charge in [0.25, 0.3) is 0 Å². The Morgan fingerprint density at radius 3 is 2.58 bits per heavy atom. The molecule has 128 valence electrons. The normalized spacial score (nSPS) is 11.2. The van der Waals surface area contributed by atoms with Crippen molar-refractivity contribution in [3.8, 4) is 0 Å². The first kappa shape index (κ1) is 17.7. The predicted molar refractivity (Wildman–Crippen MR) is 94.0 cm³/mol. The van der Waals surface area contributed by atoms with E-state index in [0.29, 0.717) is 5.69 Å². The molecule has 0 aliphatic rings. The smallest absolute Gasteiger partial charge is 0.410 e. The van der Waals surface area contributed by atoms with E-state index in [9.17, 15) is 9.59 Å². The Morgan fingerprint density at radius 2 is 1.92 bits per heavy atom. The van der Waals surface area contributed by atoms with Crippen LogP contribution in [0.5, 0.6) is 0 Å². The molecule has 2 aromatic rings. The number of carbonyl (C=O) groups is 2. The lowest BCUT2D eigenvalue weighted by Gasteiger charge is -2.24. The number of hydrogen-bond donors (Lipinski definition) is 1. The number of aromatic nitrogens is 1. The van der Waals surface area contributed by atoms with Crippen molar-refractivity contribution in [1.29, 1.82) is 0 Å². The van der Waals surface area contributed by atoms with Gasteiger partial charge in [-0.25, -0.2) is 4.79 Å². The van der Waals surface area contributed by atoms with Crippen LogP contribution >= 0.6 is 0 Å². The predicted octanol–water partition coefficient (Wildman–Crippen LogP) is 3.35. The van der Waals surface area contributed by atoms with Gasteiger partial charge in [0, 0.05) is 18.1 Å². The standard InChI is InChI=1S/C18H23N3O3/c1-12-9-10-13-7-6-8-14(16(13)19-12)20-15(22)11-21(5)17(23)24-18(2,3)4/h6-10H,11H2,1-5H3,(H,20,22). The third-order valence-electron chi connectivity index (χ3n) is 3.22. The van der Waals surface area contributed by atoms with Gasteiger partial charge in [0.15, 0.2) is 0 Å². The van der Waals surface area contributed by atoms with Gasteiger partial charge < -0.3 is 15.0 Å². The lowest BCUT2D eigenvalue weighted by Crippen LogP contribution is -2.38. The molecule has 2 rings (SSSR count). The van der Waals surface area contributed by atoms with Gasteiger partial charge in [0.05, 0.1) is 11.2 Å². The molecule has 24 heavy (non-hydrogen) atoms. The molecular weight excluding hydrogens is 306 g/mol. The zero-order chi connectivity index (χ0) is 17.9. The Morgan fingerprint density at radius 1 is 1.21 bits per heavy atom. The molecule has 0 saturated heterocycles. The molecule has 0 spiro atoms. The SMILES string of the molecule is Cc1ccc2cccc(NC(=O)CN(C)C(=O)OC(C)(C)C)c2n1. The zero-order valence-electron chi connectivity index (χ0n) is 14.7. The number of anilines is 1. The summed E-state index contributed by atoms with van der Waals surface area (Å²) in [4.78, 5) is 29.9. The lowest BCUT2D eigenvalue weighted by atomic mass is 10.1. The van der Waals surface area contributed by atoms with Crippen molar-refractivity contribution in [1.82, 2.24) is 9.88 Å². The van der Waals surface area contributed by atoms with Crippen LogP contribution in [0.3, 0.4) is 0 Å². The number of rotatable bonds is 3. The molecule has 1 aromatic carbocycles. The molecule has 6 nitrogen and oxygen atoms in total. The summed E-state index contributed by atoms with van der Waals surface area (Å²) in [7, 11) is 1.53. The molecule has 0 saturated carbocycles. The van der Waals surface area contributed by atoms with Crippen LogP contribution in [-0.4, -0.2) is 41.1 Å². The van der Waals surface area contributed by atoms with Crippen LogP contribution in [0, 0.1) is 6.92 Å². The minimum absolute atomic E-state index is 0.100. The second-order valence-corrected chi connectivity index (χ2v) is 6.71. The Kier molecular flexibility index (Phi) is 5.07. The van der Waals surface area contributed by atoms with E-state index >= 15 is 0 Å². The van der Waals surface area contributed by atoms with E-state index in [2.05, 4.69) is 10.3 Å². The van der Waals surface area contributed by atoms with Crippen molar-refractivity contribution in [2.75, 3.05) is 18.9 Å². The van der Waals surface area contributed by atoms with Gasteiger partial charge in [0.1, 0.15) is 12.1 Å². The fourth-order valence-electron chi connectivity index (χ4n) is 2.16. The second kappa shape index (κ2) is 6.86. The van der Waals surface area contributed by atoms with Crippen LogP contribution in [0.25, 0.3) is 10.9 Å². The van der Waals surface area contributed by atoms with E-state index in [1.54, 1.807) is 26.8 Å². The van der Waals surface area contributed by atoms with E-state index in [1.807, 2.05) is 31.2 Å². The summed E-state index contributed by atoms with van der Waals surface area (Å²) in [6, 6.07) is 9.46. The van der Waals surface area contributed by atoms with Gasteiger partial charge >= 0.3 is 6.09 Å². The highest BCUT2D eigenvalue weighted by Gasteiger charge is 2.21. The molecule has 1 N–H and O–H groups in total. The first-order chi connectivity index (χ1) is 11.2. The third kappa shape index (κ3) is 4.68. The maximum atomic E-state index is 12.2. The summed E-state index contributed by atoms with van der Waals surface area (Å²) in [6.07, 6.45) is -0.537. The fraction of sp³-hybridized carbons (Fsp3) is 0.389. The zero-order valence-corrected chi connectivity index (χ0v) is 14.7. The number of benzene rings is 1. The van der Waals surface area contributed by atoms with Crippen molar-refractivity contribution < 1.29 is 14.3 Å². The van der Waals surface area contributed by atoms with Gasteiger partial charge in [-0.05, 0) is 39.8 Å². The number of para-hydroxylation sites is 1. The first-order valence-corrected chi connectivity index (χ1v) is 7.76. The third-order valence-corrected chi connectivity index (χ3v) is 3.22. The molecule has 0 radical (unpaired) electrons. The van der Waals surface area contributed by atoms with Crippen LogP contribution in [-0.2, 0) is 9.53 Å². The molecule has 0 bridgehead atoms. The van der Waals surface area contributed by atoms with Crippen LogP contribution in [0.2, 0.25) is 0 Å². The summed E-state index contributed by atoms with van der Waals surface area (Å²) in [5.41, 5.74) is 1.62. The maximum absolute atomic E-state index is 12.2. The van der Waals surface area contributed by atoms with Gasteiger partial charge in [0.2, 0.25) is 5.91 Å². The monoisotopic (exact) mass is 329 g/mol. The number of aryl methyl sites for hydroxylation is 1. The second-order valence-electron chi connectivity index (χ2n) is 6.71. The number of likely N-dealkylation sites (N-methyl/N-ethyl adjacent to an activating group) is 1. The number of ether oxygens (including phenoxy) is 1. The summed E-state index contributed by atoms with van der Waals surface area (Å²) < 4.78 is 5.23. The number of pyridine rings is 1. The van der Waals surface area contributed by atoms with Gasteiger partial charge in [-0.2, -0.15) is 0 Å². The molecule has 0 unspecified atom stereocenters. The van der Waals surface area contributed by atoms with Crippen molar-refractivity contribution in [3.63, 3.8) is 0 Å². The van der Waals surface area contributed by atoms with Crippen molar-refractivity contribution >= 4 is 28.6 Å². The van der Waals surface area contributed by atoms with Crippen molar-refractivity contribution in [3.05, 3.63) is 36.0 Å². The van der Waals surface area contributed by atoms with Crippen LogP contribution in [0.1, 0.15) is 26.5 Å². The topological polar surface area (TPSA) is 71.5 Å². The Labute approximate surface area is 141 Å². The van der Waals surface area contributed by atoms with Gasteiger partial charge in [-0.15, -0.1) is 0 Å². The van der Waals surface area contributed by atoms with Gasteiger partial charge in [-0.3, -0.25) is 9.78 Å². The van der Waals surface area contributed by atoms with E-state index in [4.69, 9.17) is 4.74 Å². The van der Waals surface area contributed by atoms with E-state index < -0.39 is 11.7 Å². The fourth-order valence-corrected chi connectivity index (χ4v) is 2.16. The maximum Gasteiger partial charge on any atom is 0.410 e. The number of carbonyl (C=O) groups excluding carboxylic acids is 2. The number of hydrogen-bond acceptors (Lipinski definition) is 4. The van der Waals surface area contributed by atoms with Crippen molar-refractivity contribution in [2.24, 2.45) is 0 Å². The highest BCUT2D eigenvalue weighted by Crippen LogP contribution is 2.21.